The Balaban J connectivity index is 1.87. The minimum atomic E-state index is -1.16. The summed E-state index contributed by atoms with van der Waals surface area (Å²) in [4.78, 5) is 40.5. The monoisotopic (exact) mass is 372 g/mol. The van der Waals surface area contributed by atoms with Gasteiger partial charge in [-0.1, -0.05) is 19.1 Å². The molecule has 1 aliphatic heterocycles. The Labute approximate surface area is 155 Å². The van der Waals surface area contributed by atoms with Crippen LogP contribution in [0, 0.1) is 6.92 Å². The van der Waals surface area contributed by atoms with Crippen LogP contribution in [-0.4, -0.2) is 36.3 Å². The number of ether oxygens (including phenoxy) is 1. The molecule has 3 amide bonds. The van der Waals surface area contributed by atoms with Gasteiger partial charge in [0.05, 0.1) is 18.5 Å². The van der Waals surface area contributed by atoms with Gasteiger partial charge in [0.1, 0.15) is 11.3 Å². The van der Waals surface area contributed by atoms with E-state index in [0.717, 1.165) is 9.78 Å². The Morgan fingerprint density at radius 3 is 2.42 bits per heavy atom. The molecule has 0 saturated carbocycles. The fourth-order valence-electron chi connectivity index (χ4n) is 3.09. The predicted molar refractivity (Wildman–Crippen MR) is 98.6 cm³/mol. The second kappa shape index (κ2) is 6.92. The third kappa shape index (κ3) is 2.99. The van der Waals surface area contributed by atoms with Crippen molar-refractivity contribution in [3.8, 4) is 5.75 Å². The number of carbonyl (C=O) groups is 3. The number of ketones is 1. The maximum absolute atomic E-state index is 13.1. The van der Waals surface area contributed by atoms with Gasteiger partial charge in [-0.05, 0) is 43.2 Å². The lowest BCUT2D eigenvalue weighted by atomic mass is 9.87. The SMILES string of the molecule is CC[C@]1(c2ccc(OC)cc2)NC(=O)N(CC(=O)c2ccc(C)s2)C1=O. The van der Waals surface area contributed by atoms with Gasteiger partial charge in [0.2, 0.25) is 0 Å². The highest BCUT2D eigenvalue weighted by Crippen LogP contribution is 2.33. The van der Waals surface area contributed by atoms with Gasteiger partial charge in [-0.2, -0.15) is 0 Å². The summed E-state index contributed by atoms with van der Waals surface area (Å²) in [7, 11) is 1.56. The van der Waals surface area contributed by atoms with E-state index < -0.39 is 17.5 Å². The molecule has 1 aromatic carbocycles. The van der Waals surface area contributed by atoms with Gasteiger partial charge in [-0.15, -0.1) is 11.3 Å². The van der Waals surface area contributed by atoms with E-state index in [1.807, 2.05) is 19.9 Å². The third-order valence-corrected chi connectivity index (χ3v) is 5.65. The molecule has 136 valence electrons. The summed E-state index contributed by atoms with van der Waals surface area (Å²) in [6.07, 6.45) is 0.382. The van der Waals surface area contributed by atoms with Crippen LogP contribution in [0.15, 0.2) is 36.4 Å². The molecule has 1 atom stereocenters. The van der Waals surface area contributed by atoms with E-state index in [1.54, 1.807) is 37.4 Å². The number of Topliss-reactive ketones (excluding diaryl/α,β-unsaturated/α-hetero) is 1. The van der Waals surface area contributed by atoms with Crippen molar-refractivity contribution in [1.29, 1.82) is 0 Å². The summed E-state index contributed by atoms with van der Waals surface area (Å²) in [5, 5.41) is 2.78. The number of benzene rings is 1. The van der Waals surface area contributed by atoms with E-state index in [-0.39, 0.29) is 12.3 Å². The number of nitrogens with zero attached hydrogens (tertiary/aromatic N) is 1. The number of hydrogen-bond acceptors (Lipinski definition) is 5. The van der Waals surface area contributed by atoms with Crippen molar-refractivity contribution in [3.05, 3.63) is 51.7 Å². The quantitative estimate of drug-likeness (QED) is 0.624. The molecule has 3 rings (SSSR count). The van der Waals surface area contributed by atoms with E-state index in [9.17, 15) is 14.4 Å². The largest absolute Gasteiger partial charge is 0.497 e. The van der Waals surface area contributed by atoms with Crippen LogP contribution in [0.3, 0.4) is 0 Å². The summed E-state index contributed by atoms with van der Waals surface area (Å²) in [5.74, 6) is 0.0157. The zero-order valence-corrected chi connectivity index (χ0v) is 15.7. The van der Waals surface area contributed by atoms with Gasteiger partial charge in [0, 0.05) is 4.88 Å². The Morgan fingerprint density at radius 1 is 1.19 bits per heavy atom. The van der Waals surface area contributed by atoms with Crippen LogP contribution in [0.1, 0.15) is 33.5 Å². The van der Waals surface area contributed by atoms with Crippen molar-refractivity contribution in [1.82, 2.24) is 10.2 Å². The molecule has 0 aliphatic carbocycles. The fraction of sp³-hybridized carbons (Fsp3) is 0.316. The molecule has 6 nitrogen and oxygen atoms in total. The molecule has 7 heteroatoms. The number of rotatable bonds is 6. The Hall–Kier alpha value is -2.67. The lowest BCUT2D eigenvalue weighted by Crippen LogP contribution is -2.43. The highest BCUT2D eigenvalue weighted by Gasteiger charge is 2.51. The molecule has 1 saturated heterocycles. The van der Waals surface area contributed by atoms with Gasteiger partial charge in [-0.3, -0.25) is 14.5 Å². The predicted octanol–water partition coefficient (Wildman–Crippen LogP) is 3.11. The first-order valence-electron chi connectivity index (χ1n) is 8.29. The first-order valence-corrected chi connectivity index (χ1v) is 9.11. The number of amides is 3. The minimum absolute atomic E-state index is 0.242. The van der Waals surface area contributed by atoms with Crippen molar-refractivity contribution in [2.45, 2.75) is 25.8 Å². The fourth-order valence-corrected chi connectivity index (χ4v) is 3.89. The molecule has 0 bridgehead atoms. The number of imide groups is 1. The number of carbonyl (C=O) groups excluding carboxylic acids is 3. The number of hydrogen-bond donors (Lipinski definition) is 1. The van der Waals surface area contributed by atoms with Gasteiger partial charge >= 0.3 is 6.03 Å². The Morgan fingerprint density at radius 2 is 1.88 bits per heavy atom. The number of aryl methyl sites for hydroxylation is 1. The van der Waals surface area contributed by atoms with Crippen LogP contribution >= 0.6 is 11.3 Å². The first-order chi connectivity index (χ1) is 12.4. The standard InChI is InChI=1S/C19H20N2O4S/c1-4-19(13-6-8-14(25-3)9-7-13)17(23)21(18(24)20-19)11-15(22)16-10-5-12(2)26-16/h5-10H,4,11H2,1-3H3,(H,20,24)/t19-/m1/s1. The molecule has 0 spiro atoms. The summed E-state index contributed by atoms with van der Waals surface area (Å²) < 4.78 is 5.14. The van der Waals surface area contributed by atoms with Crippen LogP contribution in [0.25, 0.3) is 0 Å². The second-order valence-corrected chi connectivity index (χ2v) is 7.43. The number of methoxy groups -OCH3 is 1. The van der Waals surface area contributed by atoms with E-state index in [4.69, 9.17) is 4.74 Å². The van der Waals surface area contributed by atoms with Crippen molar-refractivity contribution >= 4 is 29.1 Å². The zero-order chi connectivity index (χ0) is 18.9. The Bertz CT molecular complexity index is 859. The lowest BCUT2D eigenvalue weighted by molar-refractivity contribution is -0.131. The van der Waals surface area contributed by atoms with Crippen LogP contribution in [0.4, 0.5) is 4.79 Å². The average molecular weight is 372 g/mol. The van der Waals surface area contributed by atoms with Crippen molar-refractivity contribution in [2.24, 2.45) is 0 Å². The van der Waals surface area contributed by atoms with E-state index in [1.165, 1.54) is 11.3 Å². The van der Waals surface area contributed by atoms with Gasteiger partial charge < -0.3 is 10.1 Å². The van der Waals surface area contributed by atoms with Crippen LogP contribution in [0.5, 0.6) is 5.75 Å². The van der Waals surface area contributed by atoms with Crippen LogP contribution < -0.4 is 10.1 Å². The summed E-state index contributed by atoms with van der Waals surface area (Å²) in [5.41, 5.74) is -0.490. The van der Waals surface area contributed by atoms with Gasteiger partial charge in [0.15, 0.2) is 5.78 Å². The summed E-state index contributed by atoms with van der Waals surface area (Å²) >= 11 is 1.35. The molecular weight excluding hydrogens is 352 g/mol. The molecule has 2 heterocycles. The third-order valence-electron chi connectivity index (χ3n) is 4.61. The van der Waals surface area contributed by atoms with Crippen LogP contribution in [-0.2, 0) is 10.3 Å². The normalized spacial score (nSPS) is 19.6. The minimum Gasteiger partial charge on any atom is -0.497 e. The molecule has 1 N–H and O–H groups in total. The molecule has 26 heavy (non-hydrogen) atoms. The topological polar surface area (TPSA) is 75.7 Å². The molecule has 1 fully saturated rings. The summed E-state index contributed by atoms with van der Waals surface area (Å²) in [6.45, 7) is 3.47. The number of nitrogens with one attached hydrogen (secondary N) is 1. The molecule has 1 aromatic heterocycles. The smallest absolute Gasteiger partial charge is 0.325 e. The van der Waals surface area contributed by atoms with E-state index >= 15 is 0 Å². The number of thiophene rings is 1. The lowest BCUT2D eigenvalue weighted by Gasteiger charge is -2.25. The van der Waals surface area contributed by atoms with Crippen molar-refractivity contribution in [2.75, 3.05) is 13.7 Å². The molecular formula is C19H20N2O4S. The van der Waals surface area contributed by atoms with Crippen molar-refractivity contribution in [3.63, 3.8) is 0 Å². The first kappa shape index (κ1) is 18.1. The molecule has 1 aliphatic rings. The van der Waals surface area contributed by atoms with Gasteiger partial charge in [-0.25, -0.2) is 4.79 Å². The second-order valence-electron chi connectivity index (χ2n) is 6.14. The van der Waals surface area contributed by atoms with E-state index in [2.05, 4.69) is 5.32 Å². The molecule has 0 unspecified atom stereocenters. The maximum Gasteiger partial charge on any atom is 0.325 e. The summed E-state index contributed by atoms with van der Waals surface area (Å²) in [6, 6.07) is 10.0. The van der Waals surface area contributed by atoms with Crippen molar-refractivity contribution < 1.29 is 19.1 Å². The average Bonchev–Trinajstić information content (AvgIpc) is 3.19. The van der Waals surface area contributed by atoms with Crippen LogP contribution in [0.2, 0.25) is 0 Å². The zero-order valence-electron chi connectivity index (χ0n) is 14.9. The highest BCUT2D eigenvalue weighted by molar-refractivity contribution is 7.14. The Kier molecular flexibility index (Phi) is 4.82. The number of urea groups is 1. The highest BCUT2D eigenvalue weighted by atomic mass is 32.1. The van der Waals surface area contributed by atoms with Gasteiger partial charge in [0.25, 0.3) is 5.91 Å². The van der Waals surface area contributed by atoms with E-state index in [0.29, 0.717) is 22.6 Å². The molecule has 0 radical (unpaired) electrons. The maximum atomic E-state index is 13.1. The molecule has 2 aromatic rings.